The van der Waals surface area contributed by atoms with Crippen molar-refractivity contribution in [2.75, 3.05) is 45.7 Å². The number of ether oxygens (including phenoxy) is 1. The van der Waals surface area contributed by atoms with Gasteiger partial charge in [0.2, 0.25) is 0 Å². The summed E-state index contributed by atoms with van der Waals surface area (Å²) in [5.41, 5.74) is 1.40. The molecule has 1 aromatic heterocycles. The summed E-state index contributed by atoms with van der Waals surface area (Å²) in [4.78, 5) is 32.2. The number of thiazole rings is 1. The van der Waals surface area contributed by atoms with Gasteiger partial charge in [0.1, 0.15) is 0 Å². The number of rotatable bonds is 2. The van der Waals surface area contributed by atoms with Crippen molar-refractivity contribution >= 4 is 38.7 Å². The lowest BCUT2D eigenvalue weighted by atomic mass is 10.1. The lowest BCUT2D eigenvalue weighted by Gasteiger charge is -2.32. The summed E-state index contributed by atoms with van der Waals surface area (Å²) in [6, 6.07) is 5.42. The fraction of sp³-hybridized carbons (Fsp3) is 0.400. The Morgan fingerprint density at radius 2 is 2.00 bits per heavy atom. The van der Waals surface area contributed by atoms with Gasteiger partial charge in [-0.15, -0.1) is 0 Å². The average molecular weight is 334 g/mol. The number of piperazine rings is 1. The van der Waals surface area contributed by atoms with Gasteiger partial charge in [-0.2, -0.15) is 0 Å². The lowest BCUT2D eigenvalue weighted by molar-refractivity contribution is 0.0664. The Hall–Kier alpha value is -2.19. The van der Waals surface area contributed by atoms with Crippen molar-refractivity contribution in [2.24, 2.45) is 0 Å². The average Bonchev–Trinajstić information content (AvgIpc) is 2.96. The lowest BCUT2D eigenvalue weighted by Crippen LogP contribution is -2.47. The number of nitrogens with one attached hydrogen (secondary N) is 1. The summed E-state index contributed by atoms with van der Waals surface area (Å²) in [7, 11) is 3.36. The van der Waals surface area contributed by atoms with Crippen molar-refractivity contribution in [1.82, 2.24) is 14.8 Å². The second kappa shape index (κ2) is 6.51. The minimum Gasteiger partial charge on any atom is -0.453 e. The molecule has 1 saturated heterocycles. The number of hydrogen-bond acceptors (Lipinski definition) is 6. The van der Waals surface area contributed by atoms with Crippen LogP contribution in [0.2, 0.25) is 0 Å². The molecule has 8 heteroatoms. The number of aromatic nitrogens is 1. The Morgan fingerprint density at radius 1 is 1.26 bits per heavy atom. The van der Waals surface area contributed by atoms with Crippen LogP contribution < -0.4 is 5.32 Å². The summed E-state index contributed by atoms with van der Waals surface area (Å²) < 4.78 is 5.41. The van der Waals surface area contributed by atoms with Gasteiger partial charge >= 0.3 is 6.09 Å². The van der Waals surface area contributed by atoms with E-state index in [9.17, 15) is 9.59 Å². The second-order valence-corrected chi connectivity index (χ2v) is 6.44. The maximum Gasteiger partial charge on any atom is 0.413 e. The summed E-state index contributed by atoms with van der Waals surface area (Å²) in [5, 5.41) is 3.00. The number of methoxy groups -OCH3 is 1. The first-order chi connectivity index (χ1) is 11.1. The topological polar surface area (TPSA) is 74.8 Å². The van der Waals surface area contributed by atoms with Gasteiger partial charge in [0.05, 0.1) is 17.3 Å². The van der Waals surface area contributed by atoms with E-state index in [-0.39, 0.29) is 5.91 Å². The SMILES string of the molecule is COC(=O)Nc1nc2ccc(C(=O)N3CCN(C)CC3)cc2s1. The second-order valence-electron chi connectivity index (χ2n) is 5.41. The molecule has 0 aliphatic carbocycles. The summed E-state index contributed by atoms with van der Waals surface area (Å²) in [6.45, 7) is 3.26. The molecule has 0 spiro atoms. The molecule has 0 atom stereocenters. The third-order valence-corrected chi connectivity index (χ3v) is 4.75. The van der Waals surface area contributed by atoms with Crippen LogP contribution in [0.25, 0.3) is 10.2 Å². The van der Waals surface area contributed by atoms with E-state index >= 15 is 0 Å². The number of fused-ring (bicyclic) bond motifs is 1. The number of nitrogens with zero attached hydrogens (tertiary/aromatic N) is 3. The number of hydrogen-bond donors (Lipinski definition) is 1. The molecule has 7 nitrogen and oxygen atoms in total. The zero-order chi connectivity index (χ0) is 16.4. The molecule has 2 heterocycles. The van der Waals surface area contributed by atoms with Crippen LogP contribution in [0.1, 0.15) is 10.4 Å². The molecule has 1 fully saturated rings. The number of carbonyl (C=O) groups is 2. The van der Waals surface area contributed by atoms with Gasteiger partial charge in [-0.05, 0) is 25.2 Å². The van der Waals surface area contributed by atoms with Gasteiger partial charge in [0, 0.05) is 31.7 Å². The maximum absolute atomic E-state index is 12.6. The Morgan fingerprint density at radius 3 is 2.70 bits per heavy atom. The Balaban J connectivity index is 1.79. The summed E-state index contributed by atoms with van der Waals surface area (Å²) >= 11 is 1.32. The van der Waals surface area contributed by atoms with Crippen LogP contribution in [0.3, 0.4) is 0 Å². The zero-order valence-corrected chi connectivity index (χ0v) is 13.9. The predicted molar refractivity (Wildman–Crippen MR) is 89.0 cm³/mol. The van der Waals surface area contributed by atoms with Crippen LogP contribution in [0.5, 0.6) is 0 Å². The van der Waals surface area contributed by atoms with E-state index in [2.05, 4.69) is 27.0 Å². The number of anilines is 1. The molecule has 1 aliphatic rings. The number of carbonyl (C=O) groups excluding carboxylic acids is 2. The fourth-order valence-electron chi connectivity index (χ4n) is 2.44. The molecule has 1 aliphatic heterocycles. The molecular formula is C15H18N4O3S. The Bertz CT molecular complexity index is 737. The molecule has 1 aromatic carbocycles. The van der Waals surface area contributed by atoms with E-state index in [0.717, 1.165) is 36.4 Å². The molecule has 0 radical (unpaired) electrons. The van der Waals surface area contributed by atoms with Gasteiger partial charge in [0.15, 0.2) is 5.13 Å². The van der Waals surface area contributed by atoms with E-state index in [1.165, 1.54) is 18.4 Å². The molecule has 3 rings (SSSR count). The van der Waals surface area contributed by atoms with E-state index in [1.807, 2.05) is 11.0 Å². The normalized spacial score (nSPS) is 15.7. The largest absolute Gasteiger partial charge is 0.453 e. The molecule has 1 N–H and O–H groups in total. The van der Waals surface area contributed by atoms with Crippen molar-refractivity contribution in [3.8, 4) is 0 Å². The molecule has 0 bridgehead atoms. The molecule has 122 valence electrons. The Labute approximate surface area is 137 Å². The maximum atomic E-state index is 12.6. The molecule has 2 amide bonds. The van der Waals surface area contributed by atoms with E-state index in [4.69, 9.17) is 0 Å². The molecule has 0 saturated carbocycles. The highest BCUT2D eigenvalue weighted by molar-refractivity contribution is 7.22. The number of amides is 2. The Kier molecular flexibility index (Phi) is 4.44. The van der Waals surface area contributed by atoms with Gasteiger partial charge in [-0.1, -0.05) is 11.3 Å². The minimum atomic E-state index is -0.558. The van der Waals surface area contributed by atoms with Crippen molar-refractivity contribution in [2.45, 2.75) is 0 Å². The number of benzene rings is 1. The highest BCUT2D eigenvalue weighted by atomic mass is 32.1. The molecule has 0 unspecified atom stereocenters. The molecule has 23 heavy (non-hydrogen) atoms. The van der Waals surface area contributed by atoms with E-state index in [1.54, 1.807) is 12.1 Å². The van der Waals surface area contributed by atoms with Crippen molar-refractivity contribution in [3.63, 3.8) is 0 Å². The van der Waals surface area contributed by atoms with Crippen molar-refractivity contribution < 1.29 is 14.3 Å². The highest BCUT2D eigenvalue weighted by Crippen LogP contribution is 2.27. The summed E-state index contributed by atoms with van der Waals surface area (Å²) in [5.74, 6) is 0.0378. The van der Waals surface area contributed by atoms with Gasteiger partial charge in [-0.25, -0.2) is 9.78 Å². The smallest absolute Gasteiger partial charge is 0.413 e. The van der Waals surface area contributed by atoms with Crippen LogP contribution in [0.4, 0.5) is 9.93 Å². The molecule has 2 aromatic rings. The molecular weight excluding hydrogens is 316 g/mol. The van der Waals surface area contributed by atoms with E-state index in [0.29, 0.717) is 10.7 Å². The van der Waals surface area contributed by atoms with Crippen molar-refractivity contribution in [3.05, 3.63) is 23.8 Å². The highest BCUT2D eigenvalue weighted by Gasteiger charge is 2.21. The third kappa shape index (κ3) is 3.43. The van der Waals surface area contributed by atoms with Crippen LogP contribution in [-0.2, 0) is 4.74 Å². The van der Waals surface area contributed by atoms with Crippen LogP contribution >= 0.6 is 11.3 Å². The zero-order valence-electron chi connectivity index (χ0n) is 13.0. The minimum absolute atomic E-state index is 0.0378. The van der Waals surface area contributed by atoms with Gasteiger partial charge < -0.3 is 14.5 Å². The quantitative estimate of drug-likeness (QED) is 0.907. The first-order valence-corrected chi connectivity index (χ1v) is 8.12. The van der Waals surface area contributed by atoms with Gasteiger partial charge in [0.25, 0.3) is 5.91 Å². The first kappa shape index (κ1) is 15.7. The van der Waals surface area contributed by atoms with Crippen LogP contribution in [0.15, 0.2) is 18.2 Å². The summed E-state index contributed by atoms with van der Waals surface area (Å²) in [6.07, 6.45) is -0.558. The standard InChI is InChI=1S/C15H18N4O3S/c1-18-5-7-19(8-6-18)13(20)10-3-4-11-12(9-10)23-14(16-11)17-15(21)22-2/h3-4,9H,5-8H2,1-2H3,(H,16,17,21). The number of likely N-dealkylation sites (N-methyl/N-ethyl adjacent to an activating group) is 1. The fourth-order valence-corrected chi connectivity index (χ4v) is 3.33. The first-order valence-electron chi connectivity index (χ1n) is 7.30. The van der Waals surface area contributed by atoms with Gasteiger partial charge in [-0.3, -0.25) is 10.1 Å². The van der Waals surface area contributed by atoms with Crippen LogP contribution in [-0.4, -0.2) is 67.1 Å². The van der Waals surface area contributed by atoms with Crippen molar-refractivity contribution in [1.29, 1.82) is 0 Å². The third-order valence-electron chi connectivity index (χ3n) is 3.82. The monoisotopic (exact) mass is 334 g/mol. The van der Waals surface area contributed by atoms with E-state index < -0.39 is 6.09 Å². The van der Waals surface area contributed by atoms with Crippen LogP contribution in [0, 0.1) is 0 Å². The predicted octanol–water partition coefficient (Wildman–Crippen LogP) is 1.86.